The predicted octanol–water partition coefficient (Wildman–Crippen LogP) is 8.43. The van der Waals surface area contributed by atoms with E-state index in [0.717, 1.165) is 59.0 Å². The Hall–Kier alpha value is -5.39. The van der Waals surface area contributed by atoms with Gasteiger partial charge in [-0.05, 0) is 66.3 Å². The van der Waals surface area contributed by atoms with Crippen molar-refractivity contribution in [2.75, 3.05) is 31.1 Å². The van der Waals surface area contributed by atoms with Crippen LogP contribution in [0.4, 0.5) is 16.2 Å². The van der Waals surface area contributed by atoms with E-state index >= 15 is 0 Å². The number of guanidine groups is 1. The van der Waals surface area contributed by atoms with Crippen molar-refractivity contribution in [2.24, 2.45) is 16.6 Å². The molecule has 12 heteroatoms. The zero-order valence-electron chi connectivity index (χ0n) is 32.7. The van der Waals surface area contributed by atoms with E-state index in [2.05, 4.69) is 18.3 Å². The van der Waals surface area contributed by atoms with Crippen LogP contribution < -0.4 is 20.7 Å². The van der Waals surface area contributed by atoms with E-state index in [9.17, 15) is 14.4 Å². The lowest BCUT2D eigenvalue weighted by molar-refractivity contribution is -0.123. The number of primary amides is 1. The molecule has 0 aliphatic carbocycles. The number of nitrogens with zero attached hydrogens (tertiary/aromatic N) is 4. The van der Waals surface area contributed by atoms with Gasteiger partial charge in [-0.15, -0.1) is 0 Å². The molecule has 0 aromatic heterocycles. The van der Waals surface area contributed by atoms with Crippen molar-refractivity contribution in [3.63, 3.8) is 0 Å². The van der Waals surface area contributed by atoms with Gasteiger partial charge in [0, 0.05) is 42.7 Å². The molecule has 4 aromatic carbocycles. The number of anilines is 1. The number of para-hydroxylation sites is 1. The Morgan fingerprint density at radius 2 is 1.63 bits per heavy atom. The van der Waals surface area contributed by atoms with Crippen LogP contribution in [0, 0.1) is 5.92 Å². The third-order valence-corrected chi connectivity index (χ3v) is 10.8. The fraction of sp³-hybridized carbons (Fsp3) is 0.378. The Morgan fingerprint density at radius 1 is 0.912 bits per heavy atom. The average molecular weight is 793 g/mol. The highest BCUT2D eigenvalue weighted by Crippen LogP contribution is 2.34. The first-order valence-electron chi connectivity index (χ1n) is 20.0. The van der Waals surface area contributed by atoms with E-state index in [0.29, 0.717) is 24.4 Å². The normalized spacial score (nSPS) is 15.1. The summed E-state index contributed by atoms with van der Waals surface area (Å²) in [5.41, 5.74) is 11.2. The highest BCUT2D eigenvalue weighted by atomic mass is 35.5. The second-order valence-corrected chi connectivity index (χ2v) is 14.9. The van der Waals surface area contributed by atoms with Gasteiger partial charge in [0.25, 0.3) is 0 Å². The molecule has 3 N–H and O–H groups in total. The number of unbranched alkanes of at least 4 members (excludes halogenated alkanes) is 5. The first kappa shape index (κ1) is 41.2. The molecule has 0 fully saturated rings. The van der Waals surface area contributed by atoms with Gasteiger partial charge in [-0.1, -0.05) is 118 Å². The van der Waals surface area contributed by atoms with Crippen molar-refractivity contribution in [1.29, 1.82) is 0 Å². The van der Waals surface area contributed by atoms with Gasteiger partial charge in [0.15, 0.2) is 0 Å². The molecule has 2 aliphatic heterocycles. The standard InChI is InChI=1S/C45H53ClN6O5/c1-2-3-4-5-6-15-27-51(36-19-11-8-12-20-36)41(53)31-50-30-35-22-23-37(29-40(35)49-44(50)52(46)45(55)57-32-33-16-9-7-10-17-33)56-28-25-39(43(47)54)42-38-21-14-13-18-34(38)24-26-48-42/h7-14,16-23,29,39,42,48H,2-6,15,24-28,30-32H2,1H3,(H2,47,54). The Bertz CT molecular complexity index is 1980. The van der Waals surface area contributed by atoms with E-state index in [1.807, 2.05) is 91.0 Å². The molecule has 0 saturated carbocycles. The van der Waals surface area contributed by atoms with Crippen molar-refractivity contribution in [2.45, 2.75) is 77.5 Å². The zero-order chi connectivity index (χ0) is 40.0. The quantitative estimate of drug-likeness (QED) is 0.0765. The highest BCUT2D eigenvalue weighted by Gasteiger charge is 2.33. The van der Waals surface area contributed by atoms with Crippen molar-refractivity contribution in [3.05, 3.63) is 125 Å². The molecule has 300 valence electrons. The summed E-state index contributed by atoms with van der Waals surface area (Å²) in [5.74, 6) is -0.406. The number of halogens is 1. The predicted molar refractivity (Wildman–Crippen MR) is 224 cm³/mol. The minimum Gasteiger partial charge on any atom is -0.493 e. The summed E-state index contributed by atoms with van der Waals surface area (Å²) in [5, 5.41) is 3.48. The van der Waals surface area contributed by atoms with Crippen LogP contribution in [-0.4, -0.2) is 59.4 Å². The molecular weight excluding hydrogens is 740 g/mol. The van der Waals surface area contributed by atoms with Crippen molar-refractivity contribution >= 4 is 47.0 Å². The van der Waals surface area contributed by atoms with Crippen LogP contribution in [0.5, 0.6) is 5.75 Å². The van der Waals surface area contributed by atoms with E-state index in [1.54, 1.807) is 15.9 Å². The first-order valence-corrected chi connectivity index (χ1v) is 20.4. The summed E-state index contributed by atoms with van der Waals surface area (Å²) < 4.78 is 12.6. The molecule has 6 rings (SSSR count). The molecule has 3 amide bonds. The molecule has 2 heterocycles. The van der Waals surface area contributed by atoms with Gasteiger partial charge in [-0.3, -0.25) is 9.59 Å². The van der Waals surface area contributed by atoms with Crippen LogP contribution in [-0.2, 0) is 33.9 Å². The number of carbonyl (C=O) groups is 3. The third-order valence-electron chi connectivity index (χ3n) is 10.5. The minimum absolute atomic E-state index is 0.0119. The second-order valence-electron chi connectivity index (χ2n) is 14.6. The lowest BCUT2D eigenvalue weighted by atomic mass is 9.84. The molecule has 0 saturated heterocycles. The van der Waals surface area contributed by atoms with Crippen molar-refractivity contribution in [3.8, 4) is 5.75 Å². The molecule has 4 aromatic rings. The third kappa shape index (κ3) is 11.1. The highest BCUT2D eigenvalue weighted by molar-refractivity contribution is 6.30. The van der Waals surface area contributed by atoms with Crippen LogP contribution >= 0.6 is 11.8 Å². The Kier molecular flexibility index (Phi) is 15.0. The van der Waals surface area contributed by atoms with Gasteiger partial charge in [-0.25, -0.2) is 9.79 Å². The summed E-state index contributed by atoms with van der Waals surface area (Å²) in [6, 6.07) is 32.4. The number of amides is 3. The van der Waals surface area contributed by atoms with E-state index in [4.69, 9.17) is 32.0 Å². The molecule has 0 spiro atoms. The molecular formula is C45H53ClN6O5. The molecule has 0 radical (unpaired) electrons. The van der Waals surface area contributed by atoms with Crippen LogP contribution in [0.25, 0.3) is 0 Å². The summed E-state index contributed by atoms with van der Waals surface area (Å²) in [6.45, 7) is 3.96. The van der Waals surface area contributed by atoms with Gasteiger partial charge in [0.1, 0.15) is 18.9 Å². The number of ether oxygens (including phenoxy) is 2. The van der Waals surface area contributed by atoms with Crippen LogP contribution in [0.15, 0.2) is 108 Å². The molecule has 11 nitrogen and oxygen atoms in total. The summed E-state index contributed by atoms with van der Waals surface area (Å²) in [6.07, 6.45) is 7.07. The van der Waals surface area contributed by atoms with Crippen LogP contribution in [0.2, 0.25) is 0 Å². The first-order chi connectivity index (χ1) is 27.8. The monoisotopic (exact) mass is 792 g/mol. The number of rotatable bonds is 18. The van der Waals surface area contributed by atoms with Gasteiger partial charge < -0.3 is 30.3 Å². The average Bonchev–Trinajstić information content (AvgIpc) is 3.24. The number of aliphatic imine (C=N–C) groups is 1. The maximum absolute atomic E-state index is 14.2. The number of carbonyl (C=O) groups excluding carboxylic acids is 3. The lowest BCUT2D eigenvalue weighted by Crippen LogP contribution is -2.49. The van der Waals surface area contributed by atoms with Gasteiger partial charge in [0.05, 0.1) is 18.2 Å². The van der Waals surface area contributed by atoms with Gasteiger partial charge in [0.2, 0.25) is 17.8 Å². The number of hydrogen-bond donors (Lipinski definition) is 2. The second kappa shape index (κ2) is 20.7. The van der Waals surface area contributed by atoms with Crippen LogP contribution in [0.3, 0.4) is 0 Å². The fourth-order valence-electron chi connectivity index (χ4n) is 7.46. The summed E-state index contributed by atoms with van der Waals surface area (Å²) in [4.78, 5) is 48.6. The zero-order valence-corrected chi connectivity index (χ0v) is 33.4. The Labute approximate surface area is 340 Å². The number of hydrogen-bond acceptors (Lipinski definition) is 8. The van der Waals surface area contributed by atoms with Crippen LogP contribution in [0.1, 0.15) is 80.2 Å². The number of benzene rings is 4. The number of fused-ring (bicyclic) bond motifs is 2. The SMILES string of the molecule is CCCCCCCCN(C(=O)CN1Cc2ccc(OCCC(C(N)=O)C3NCCc4ccccc43)cc2N=C1N(Cl)C(=O)OCc1ccccc1)c1ccccc1. The largest absolute Gasteiger partial charge is 0.493 e. The number of nitrogens with one attached hydrogen (secondary N) is 1. The maximum atomic E-state index is 14.2. The molecule has 2 unspecified atom stereocenters. The fourth-order valence-corrected chi connectivity index (χ4v) is 7.65. The number of nitrogens with two attached hydrogens (primary N) is 1. The Morgan fingerprint density at radius 3 is 2.40 bits per heavy atom. The smallest absolute Gasteiger partial charge is 0.432 e. The Balaban J connectivity index is 1.19. The molecule has 2 atom stereocenters. The van der Waals surface area contributed by atoms with E-state index in [-0.39, 0.29) is 50.1 Å². The van der Waals surface area contributed by atoms with Gasteiger partial charge >= 0.3 is 6.09 Å². The molecule has 0 bridgehead atoms. The molecule has 57 heavy (non-hydrogen) atoms. The topological polar surface area (TPSA) is 130 Å². The summed E-state index contributed by atoms with van der Waals surface area (Å²) in [7, 11) is 0. The lowest BCUT2D eigenvalue weighted by Gasteiger charge is -2.34. The van der Waals surface area contributed by atoms with E-state index < -0.39 is 12.0 Å². The van der Waals surface area contributed by atoms with Gasteiger partial charge in [-0.2, -0.15) is 4.42 Å². The van der Waals surface area contributed by atoms with E-state index in [1.165, 1.54) is 24.8 Å². The maximum Gasteiger partial charge on any atom is 0.432 e. The summed E-state index contributed by atoms with van der Waals surface area (Å²) >= 11 is 6.74. The van der Waals surface area contributed by atoms with Crippen molar-refractivity contribution < 1.29 is 23.9 Å². The van der Waals surface area contributed by atoms with Crippen molar-refractivity contribution in [1.82, 2.24) is 14.6 Å². The minimum atomic E-state index is -0.824. The molecule has 2 aliphatic rings.